The van der Waals surface area contributed by atoms with Crippen molar-refractivity contribution in [3.63, 3.8) is 0 Å². The molecule has 0 saturated carbocycles. The molecule has 0 spiro atoms. The number of thiol groups is 1. The van der Waals surface area contributed by atoms with Crippen molar-refractivity contribution >= 4 is 18.5 Å². The number of rotatable bonds is 8. The smallest absolute Gasteiger partial charge is 0.255 e. The van der Waals surface area contributed by atoms with Gasteiger partial charge in [-0.2, -0.15) is 12.6 Å². The number of fused-ring (bicyclic) bond motifs is 1. The molecular formula is C21H27N3O2S. The minimum Gasteiger partial charge on any atom is -0.492 e. The Hall–Kier alpha value is -2.02. The lowest BCUT2D eigenvalue weighted by molar-refractivity contribution is 0.0948. The van der Waals surface area contributed by atoms with Crippen molar-refractivity contribution < 1.29 is 9.53 Å². The summed E-state index contributed by atoms with van der Waals surface area (Å²) in [7, 11) is 0. The van der Waals surface area contributed by atoms with E-state index in [9.17, 15) is 4.79 Å². The fourth-order valence-electron chi connectivity index (χ4n) is 3.23. The summed E-state index contributed by atoms with van der Waals surface area (Å²) >= 11 is 4.23. The molecule has 2 aromatic rings. The van der Waals surface area contributed by atoms with Crippen LogP contribution in [0.15, 0.2) is 48.5 Å². The fourth-order valence-corrected chi connectivity index (χ4v) is 3.36. The fraction of sp³-hybridized carbons (Fsp3) is 0.381. The summed E-state index contributed by atoms with van der Waals surface area (Å²) in [6, 6.07) is 16.0. The lowest BCUT2D eigenvalue weighted by Crippen LogP contribution is -2.39. The third kappa shape index (κ3) is 5.25. The zero-order valence-corrected chi connectivity index (χ0v) is 16.3. The Kier molecular flexibility index (Phi) is 7.15. The molecule has 0 aliphatic carbocycles. The minimum absolute atomic E-state index is 0.00379. The summed E-state index contributed by atoms with van der Waals surface area (Å²) < 4.78 is 5.86. The van der Waals surface area contributed by atoms with Gasteiger partial charge >= 0.3 is 0 Å². The van der Waals surface area contributed by atoms with Crippen molar-refractivity contribution in [2.75, 3.05) is 25.4 Å². The second-order valence-corrected chi connectivity index (χ2v) is 7.12. The topological polar surface area (TPSA) is 76.4 Å². The van der Waals surface area contributed by atoms with E-state index in [-0.39, 0.29) is 18.0 Å². The van der Waals surface area contributed by atoms with Gasteiger partial charge in [0.1, 0.15) is 5.75 Å². The Morgan fingerprint density at radius 2 is 2.04 bits per heavy atom. The van der Waals surface area contributed by atoms with Gasteiger partial charge in [-0.1, -0.05) is 42.5 Å². The Balaban J connectivity index is 1.65. The first-order chi connectivity index (χ1) is 13.2. The van der Waals surface area contributed by atoms with Crippen molar-refractivity contribution in [1.29, 1.82) is 0 Å². The molecule has 1 aliphatic rings. The number of nitrogens with one attached hydrogen (secondary N) is 2. The van der Waals surface area contributed by atoms with E-state index < -0.39 is 0 Å². The Labute approximate surface area is 166 Å². The van der Waals surface area contributed by atoms with Crippen LogP contribution >= 0.6 is 12.6 Å². The van der Waals surface area contributed by atoms with Crippen LogP contribution < -0.4 is 21.1 Å². The number of carbonyl (C=O) groups is 1. The maximum absolute atomic E-state index is 12.7. The molecule has 1 amide bonds. The highest BCUT2D eigenvalue weighted by Crippen LogP contribution is 2.34. The summed E-state index contributed by atoms with van der Waals surface area (Å²) in [4.78, 5) is 12.7. The summed E-state index contributed by atoms with van der Waals surface area (Å²) in [6.07, 6.45) is 1.65. The average Bonchev–Trinajstić information content (AvgIpc) is 2.72. The highest BCUT2D eigenvalue weighted by Gasteiger charge is 2.25. The van der Waals surface area contributed by atoms with Crippen LogP contribution in [0.2, 0.25) is 0 Å². The van der Waals surface area contributed by atoms with E-state index in [1.54, 1.807) is 0 Å². The molecule has 0 aromatic heterocycles. The molecule has 2 atom stereocenters. The van der Waals surface area contributed by atoms with Crippen LogP contribution in [0.5, 0.6) is 5.75 Å². The van der Waals surface area contributed by atoms with E-state index in [0.717, 1.165) is 18.4 Å². The van der Waals surface area contributed by atoms with Gasteiger partial charge in [0.05, 0.1) is 12.2 Å². The zero-order valence-electron chi connectivity index (χ0n) is 15.4. The second kappa shape index (κ2) is 9.78. The number of amides is 1. The van der Waals surface area contributed by atoms with Crippen LogP contribution in [0.4, 0.5) is 0 Å². The van der Waals surface area contributed by atoms with Crippen LogP contribution in [0.3, 0.4) is 0 Å². The molecule has 1 aliphatic heterocycles. The number of nitrogens with two attached hydrogens (primary N) is 1. The largest absolute Gasteiger partial charge is 0.492 e. The maximum atomic E-state index is 12.7. The molecule has 0 radical (unpaired) electrons. The van der Waals surface area contributed by atoms with Gasteiger partial charge in [0.15, 0.2) is 0 Å². The second-order valence-electron chi connectivity index (χ2n) is 6.76. The normalized spacial score (nSPS) is 16.9. The predicted molar refractivity (Wildman–Crippen MR) is 112 cm³/mol. The minimum atomic E-state index is -0.101. The monoisotopic (exact) mass is 385 g/mol. The number of ether oxygens (including phenoxy) is 1. The number of benzene rings is 2. The Bertz CT molecular complexity index is 754. The van der Waals surface area contributed by atoms with Gasteiger partial charge in [-0.3, -0.25) is 4.79 Å². The van der Waals surface area contributed by atoms with Crippen molar-refractivity contribution in [2.45, 2.75) is 24.9 Å². The summed E-state index contributed by atoms with van der Waals surface area (Å²) in [5.41, 5.74) is 8.76. The standard InChI is InChI=1S/C21H27N3O2S/c22-16(14-27)13-24-19-10-12-26-20-17(19)7-4-8-18(20)21(25)23-11-9-15-5-2-1-3-6-15/h1-8,16,19,24,27H,9-14,22H2,(H,23,25)/t16-,19?/m1/s1. The van der Waals surface area contributed by atoms with Crippen molar-refractivity contribution in [1.82, 2.24) is 10.6 Å². The SMILES string of the molecule is N[C@@H](CS)CNC1CCOc2c(C(=O)NCCc3ccccc3)cccc21. The third-order valence-electron chi connectivity index (χ3n) is 4.72. The van der Waals surface area contributed by atoms with E-state index in [2.05, 4.69) is 35.4 Å². The lowest BCUT2D eigenvalue weighted by atomic mass is 9.97. The van der Waals surface area contributed by atoms with Crippen LogP contribution in [-0.2, 0) is 6.42 Å². The van der Waals surface area contributed by atoms with Gasteiger partial charge in [-0.25, -0.2) is 0 Å². The van der Waals surface area contributed by atoms with Gasteiger partial charge in [-0.05, 0) is 18.1 Å². The Morgan fingerprint density at radius 3 is 2.81 bits per heavy atom. The third-order valence-corrected chi connectivity index (χ3v) is 5.19. The first-order valence-corrected chi connectivity index (χ1v) is 10.00. The van der Waals surface area contributed by atoms with E-state index in [1.165, 1.54) is 5.56 Å². The number of carbonyl (C=O) groups excluding carboxylic acids is 1. The van der Waals surface area contributed by atoms with E-state index in [4.69, 9.17) is 10.5 Å². The molecule has 0 saturated heterocycles. The van der Waals surface area contributed by atoms with Crippen LogP contribution in [0.25, 0.3) is 0 Å². The maximum Gasteiger partial charge on any atom is 0.255 e. The Morgan fingerprint density at radius 1 is 1.22 bits per heavy atom. The number of hydrogen-bond acceptors (Lipinski definition) is 5. The lowest BCUT2D eigenvalue weighted by Gasteiger charge is -2.29. The molecule has 27 heavy (non-hydrogen) atoms. The first-order valence-electron chi connectivity index (χ1n) is 9.36. The number of hydrogen-bond donors (Lipinski definition) is 4. The molecule has 0 bridgehead atoms. The van der Waals surface area contributed by atoms with Gasteiger partial charge in [0.25, 0.3) is 5.91 Å². The quantitative estimate of drug-likeness (QED) is 0.526. The molecule has 1 unspecified atom stereocenters. The van der Waals surface area contributed by atoms with Crippen molar-refractivity contribution in [3.05, 3.63) is 65.2 Å². The summed E-state index contributed by atoms with van der Waals surface area (Å²) in [6.45, 7) is 1.85. The molecule has 6 heteroatoms. The molecular weight excluding hydrogens is 358 g/mol. The van der Waals surface area contributed by atoms with Crippen LogP contribution in [0, 0.1) is 0 Å². The van der Waals surface area contributed by atoms with E-state index in [1.807, 2.05) is 36.4 Å². The van der Waals surface area contributed by atoms with Gasteiger partial charge in [-0.15, -0.1) is 0 Å². The van der Waals surface area contributed by atoms with Crippen molar-refractivity contribution in [3.8, 4) is 5.75 Å². The molecule has 2 aromatic carbocycles. The molecule has 5 nitrogen and oxygen atoms in total. The highest BCUT2D eigenvalue weighted by atomic mass is 32.1. The predicted octanol–water partition coefficient (Wildman–Crippen LogP) is 2.33. The number of para-hydroxylation sites is 1. The van der Waals surface area contributed by atoms with Gasteiger partial charge in [0, 0.05) is 42.9 Å². The average molecular weight is 386 g/mol. The highest BCUT2D eigenvalue weighted by molar-refractivity contribution is 7.80. The van der Waals surface area contributed by atoms with Gasteiger partial charge < -0.3 is 21.1 Å². The van der Waals surface area contributed by atoms with Crippen LogP contribution in [0.1, 0.15) is 33.9 Å². The molecule has 1 heterocycles. The molecule has 3 rings (SSSR count). The molecule has 144 valence electrons. The van der Waals surface area contributed by atoms with E-state index >= 15 is 0 Å². The molecule has 0 fully saturated rings. The van der Waals surface area contributed by atoms with Crippen molar-refractivity contribution in [2.24, 2.45) is 5.73 Å². The zero-order chi connectivity index (χ0) is 19.1. The molecule has 4 N–H and O–H groups in total. The van der Waals surface area contributed by atoms with Crippen LogP contribution in [-0.4, -0.2) is 37.4 Å². The summed E-state index contributed by atoms with van der Waals surface area (Å²) in [5.74, 6) is 1.21. The van der Waals surface area contributed by atoms with E-state index in [0.29, 0.717) is 36.8 Å². The van der Waals surface area contributed by atoms with Gasteiger partial charge in [0.2, 0.25) is 0 Å². The first kappa shape index (κ1) is 19.7. The summed E-state index contributed by atoms with van der Waals surface area (Å²) in [5, 5.41) is 6.48.